The molecule has 5 rings (SSSR count). The highest BCUT2D eigenvalue weighted by Gasteiger charge is 2.31. The van der Waals surface area contributed by atoms with Gasteiger partial charge in [0, 0.05) is 43.2 Å². The number of aryl methyl sites for hydroxylation is 1. The van der Waals surface area contributed by atoms with Crippen LogP contribution in [0, 0.1) is 25.2 Å². The Morgan fingerprint density at radius 1 is 1.24 bits per heavy atom. The average molecular weight is 444 g/mol. The number of ether oxygens (including phenoxy) is 2. The smallest absolute Gasteiger partial charge is 0.338 e. The second-order valence-corrected chi connectivity index (χ2v) is 8.77. The van der Waals surface area contributed by atoms with Gasteiger partial charge >= 0.3 is 5.97 Å². The van der Waals surface area contributed by atoms with Crippen LogP contribution >= 0.6 is 0 Å². The molecule has 0 bridgehead atoms. The standard InChI is InChI=1S/C25H25N5O3/c1-15-6-24(27-9-19(15)7-26)30-12-18(8-28-30)11-29-10-16(2)33-23(13-29)20-4-5-21-22(17(20)3)14-32-25(21)31/h4-6,8-9,12,16,23H,10-11,13-14H2,1-3H3/t16?,23-/m0/s1. The summed E-state index contributed by atoms with van der Waals surface area (Å²) < 4.78 is 13.2. The highest BCUT2D eigenvalue weighted by Crippen LogP contribution is 2.33. The first-order valence-corrected chi connectivity index (χ1v) is 11.0. The second kappa shape index (κ2) is 8.43. The third-order valence-corrected chi connectivity index (χ3v) is 6.38. The number of nitriles is 1. The van der Waals surface area contributed by atoms with Crippen molar-refractivity contribution in [3.05, 3.63) is 75.7 Å². The minimum atomic E-state index is -0.247. The zero-order valence-corrected chi connectivity index (χ0v) is 18.9. The lowest BCUT2D eigenvalue weighted by molar-refractivity contribution is -0.0816. The van der Waals surface area contributed by atoms with Gasteiger partial charge < -0.3 is 9.47 Å². The molecular weight excluding hydrogens is 418 g/mol. The quantitative estimate of drug-likeness (QED) is 0.571. The van der Waals surface area contributed by atoms with E-state index in [2.05, 4.69) is 28.0 Å². The van der Waals surface area contributed by atoms with E-state index in [0.29, 0.717) is 23.6 Å². The van der Waals surface area contributed by atoms with Crippen molar-refractivity contribution >= 4 is 5.97 Å². The van der Waals surface area contributed by atoms with Crippen molar-refractivity contribution in [2.75, 3.05) is 13.1 Å². The molecule has 1 aromatic carbocycles. The molecule has 168 valence electrons. The monoisotopic (exact) mass is 443 g/mol. The third-order valence-electron chi connectivity index (χ3n) is 6.38. The Labute approximate surface area is 192 Å². The van der Waals surface area contributed by atoms with Crippen LogP contribution in [0.4, 0.5) is 0 Å². The van der Waals surface area contributed by atoms with Crippen LogP contribution in [-0.4, -0.2) is 44.8 Å². The molecule has 2 aromatic heterocycles. The summed E-state index contributed by atoms with van der Waals surface area (Å²) in [7, 11) is 0. The lowest BCUT2D eigenvalue weighted by Crippen LogP contribution is -2.42. The number of fused-ring (bicyclic) bond motifs is 1. The number of hydrogen-bond acceptors (Lipinski definition) is 7. The number of carbonyl (C=O) groups excluding carboxylic acids is 1. The Hall–Kier alpha value is -3.54. The minimum absolute atomic E-state index is 0.0761. The lowest BCUT2D eigenvalue weighted by Gasteiger charge is -2.37. The molecule has 4 heterocycles. The minimum Gasteiger partial charge on any atom is -0.457 e. The van der Waals surface area contributed by atoms with E-state index in [1.807, 2.05) is 44.4 Å². The maximum Gasteiger partial charge on any atom is 0.338 e. The molecule has 0 radical (unpaired) electrons. The van der Waals surface area contributed by atoms with Gasteiger partial charge in [0.25, 0.3) is 0 Å². The normalized spacial score (nSPS) is 20.4. The number of carbonyl (C=O) groups is 1. The summed E-state index contributed by atoms with van der Waals surface area (Å²) in [4.78, 5) is 18.6. The number of rotatable bonds is 4. The Bertz CT molecular complexity index is 1280. The third kappa shape index (κ3) is 4.01. The molecule has 0 amide bonds. The number of benzene rings is 1. The van der Waals surface area contributed by atoms with Gasteiger partial charge in [0.05, 0.1) is 29.5 Å². The number of cyclic esters (lactones) is 1. The van der Waals surface area contributed by atoms with Crippen LogP contribution in [0.25, 0.3) is 5.82 Å². The van der Waals surface area contributed by atoms with Gasteiger partial charge in [-0.25, -0.2) is 14.5 Å². The average Bonchev–Trinajstić information content (AvgIpc) is 3.41. The molecule has 2 aliphatic heterocycles. The van der Waals surface area contributed by atoms with Crippen molar-refractivity contribution < 1.29 is 14.3 Å². The van der Waals surface area contributed by atoms with Gasteiger partial charge in [0.1, 0.15) is 12.7 Å². The van der Waals surface area contributed by atoms with Crippen molar-refractivity contribution in [1.82, 2.24) is 19.7 Å². The van der Waals surface area contributed by atoms with E-state index in [0.717, 1.165) is 47.5 Å². The molecule has 8 nitrogen and oxygen atoms in total. The highest BCUT2D eigenvalue weighted by atomic mass is 16.5. The largest absolute Gasteiger partial charge is 0.457 e. The molecular formula is C25H25N5O3. The maximum atomic E-state index is 11.9. The lowest BCUT2D eigenvalue weighted by atomic mass is 9.94. The fraction of sp³-hybridized carbons (Fsp3) is 0.360. The van der Waals surface area contributed by atoms with Crippen LogP contribution < -0.4 is 0 Å². The zero-order chi connectivity index (χ0) is 23.1. The Kier molecular flexibility index (Phi) is 5.44. The number of esters is 1. The number of aromatic nitrogens is 3. The molecule has 0 N–H and O–H groups in total. The second-order valence-electron chi connectivity index (χ2n) is 8.77. The number of hydrogen-bond donors (Lipinski definition) is 0. The van der Waals surface area contributed by atoms with Crippen molar-refractivity contribution in [3.8, 4) is 11.9 Å². The molecule has 1 unspecified atom stereocenters. The number of pyridine rings is 1. The van der Waals surface area contributed by atoms with Crippen LogP contribution in [0.3, 0.4) is 0 Å². The van der Waals surface area contributed by atoms with Gasteiger partial charge in [-0.15, -0.1) is 0 Å². The van der Waals surface area contributed by atoms with Crippen molar-refractivity contribution in [2.45, 2.75) is 46.1 Å². The molecule has 3 aromatic rings. The number of nitrogens with zero attached hydrogens (tertiary/aromatic N) is 5. The van der Waals surface area contributed by atoms with Gasteiger partial charge in [-0.3, -0.25) is 4.90 Å². The van der Waals surface area contributed by atoms with E-state index in [1.54, 1.807) is 10.9 Å². The predicted molar refractivity (Wildman–Crippen MR) is 120 cm³/mol. The first-order chi connectivity index (χ1) is 15.9. The summed E-state index contributed by atoms with van der Waals surface area (Å²) in [5.74, 6) is 0.444. The molecule has 0 spiro atoms. The summed E-state index contributed by atoms with van der Waals surface area (Å²) >= 11 is 0. The van der Waals surface area contributed by atoms with Gasteiger partial charge in [-0.1, -0.05) is 6.07 Å². The van der Waals surface area contributed by atoms with Crippen LogP contribution in [0.5, 0.6) is 0 Å². The first-order valence-electron chi connectivity index (χ1n) is 11.0. The van der Waals surface area contributed by atoms with E-state index in [9.17, 15) is 4.79 Å². The van der Waals surface area contributed by atoms with E-state index in [4.69, 9.17) is 14.7 Å². The van der Waals surface area contributed by atoms with E-state index in [1.165, 1.54) is 0 Å². The molecule has 0 aliphatic carbocycles. The van der Waals surface area contributed by atoms with Gasteiger partial charge in [0.15, 0.2) is 5.82 Å². The highest BCUT2D eigenvalue weighted by molar-refractivity contribution is 5.93. The molecule has 0 saturated carbocycles. The molecule has 8 heteroatoms. The van der Waals surface area contributed by atoms with E-state index >= 15 is 0 Å². The zero-order valence-electron chi connectivity index (χ0n) is 18.9. The Balaban J connectivity index is 1.33. The van der Waals surface area contributed by atoms with Crippen LogP contribution in [0.15, 0.2) is 36.8 Å². The molecule has 1 fully saturated rings. The summed E-state index contributed by atoms with van der Waals surface area (Å²) in [5.41, 5.74) is 6.34. The summed E-state index contributed by atoms with van der Waals surface area (Å²) in [6, 6.07) is 7.87. The van der Waals surface area contributed by atoms with Crippen LogP contribution in [0.2, 0.25) is 0 Å². The van der Waals surface area contributed by atoms with Crippen molar-refractivity contribution in [3.63, 3.8) is 0 Å². The Morgan fingerprint density at radius 3 is 2.88 bits per heavy atom. The van der Waals surface area contributed by atoms with Crippen molar-refractivity contribution in [2.24, 2.45) is 0 Å². The summed E-state index contributed by atoms with van der Waals surface area (Å²) in [6.45, 7) is 8.67. The SMILES string of the molecule is Cc1cc(-n2cc(CN3CC(C)O[C@H](c4ccc5c(c4C)COC5=O)C3)cn2)ncc1C#N. The summed E-state index contributed by atoms with van der Waals surface area (Å²) in [5, 5.41) is 13.6. The topological polar surface area (TPSA) is 93.3 Å². The van der Waals surface area contributed by atoms with E-state index < -0.39 is 0 Å². The molecule has 33 heavy (non-hydrogen) atoms. The maximum absolute atomic E-state index is 11.9. The van der Waals surface area contributed by atoms with Crippen molar-refractivity contribution in [1.29, 1.82) is 5.26 Å². The molecule has 2 aliphatic rings. The van der Waals surface area contributed by atoms with Gasteiger partial charge in [-0.2, -0.15) is 10.4 Å². The van der Waals surface area contributed by atoms with Gasteiger partial charge in [0.2, 0.25) is 0 Å². The molecule has 2 atom stereocenters. The number of morpholine rings is 1. The summed E-state index contributed by atoms with van der Waals surface area (Å²) in [6.07, 6.45) is 5.41. The van der Waals surface area contributed by atoms with E-state index in [-0.39, 0.29) is 18.2 Å². The van der Waals surface area contributed by atoms with Gasteiger partial charge in [-0.05, 0) is 49.6 Å². The van der Waals surface area contributed by atoms with Crippen LogP contribution in [0.1, 0.15) is 56.8 Å². The Morgan fingerprint density at radius 2 is 2.09 bits per heavy atom. The fourth-order valence-electron chi connectivity index (χ4n) is 4.67. The fourth-order valence-corrected chi connectivity index (χ4v) is 4.67. The first kappa shape index (κ1) is 21.3. The molecule has 1 saturated heterocycles. The van der Waals surface area contributed by atoms with Crippen LogP contribution in [-0.2, 0) is 22.6 Å². The predicted octanol–water partition coefficient (Wildman–Crippen LogP) is 3.39.